The lowest BCUT2D eigenvalue weighted by atomic mass is 10.2. The van der Waals surface area contributed by atoms with Crippen LogP contribution in [0.3, 0.4) is 0 Å². The number of benzene rings is 1. The van der Waals surface area contributed by atoms with Gasteiger partial charge in [-0.1, -0.05) is 23.7 Å². The quantitative estimate of drug-likeness (QED) is 0.455. The van der Waals surface area contributed by atoms with E-state index in [2.05, 4.69) is 15.5 Å². The Hall–Kier alpha value is -3.40. The lowest BCUT2D eigenvalue weighted by Gasteiger charge is -2.03. The van der Waals surface area contributed by atoms with Crippen LogP contribution in [-0.4, -0.2) is 37.5 Å². The zero-order valence-electron chi connectivity index (χ0n) is 14.9. The van der Waals surface area contributed by atoms with Crippen LogP contribution in [-0.2, 0) is 17.9 Å². The summed E-state index contributed by atoms with van der Waals surface area (Å²) in [6.07, 6.45) is 4.57. The molecule has 28 heavy (non-hydrogen) atoms. The van der Waals surface area contributed by atoms with Crippen molar-refractivity contribution in [2.75, 3.05) is 12.4 Å². The molecule has 10 nitrogen and oxygen atoms in total. The minimum atomic E-state index is -0.587. The Morgan fingerprint density at radius 2 is 2.18 bits per heavy atom. The first kappa shape index (κ1) is 19.4. The Bertz CT molecular complexity index is 999. The standard InChI is InChI=1S/C17H17ClN6O4/c1-28-17-15(24(26)27)11-22(21-17)6-5-16(25)20-14-8-19-23(10-14)9-12-3-2-4-13(18)7-12/h2-4,7-8,10-11H,5-6,9H2,1H3,(H,20,25). The Morgan fingerprint density at radius 1 is 1.36 bits per heavy atom. The summed E-state index contributed by atoms with van der Waals surface area (Å²) < 4.78 is 7.84. The van der Waals surface area contributed by atoms with Crippen LogP contribution in [0.15, 0.2) is 42.9 Å². The summed E-state index contributed by atoms with van der Waals surface area (Å²) in [4.78, 5) is 22.4. The van der Waals surface area contributed by atoms with Gasteiger partial charge in [-0.15, -0.1) is 5.10 Å². The van der Waals surface area contributed by atoms with Crippen LogP contribution >= 0.6 is 11.6 Å². The Labute approximate surface area is 164 Å². The van der Waals surface area contributed by atoms with Gasteiger partial charge in [-0.2, -0.15) is 5.10 Å². The van der Waals surface area contributed by atoms with Gasteiger partial charge in [-0.25, -0.2) is 0 Å². The zero-order valence-corrected chi connectivity index (χ0v) is 15.7. The molecule has 2 aromatic heterocycles. The SMILES string of the molecule is COc1nn(CCC(=O)Nc2cnn(Cc3cccc(Cl)c3)c2)cc1[N+](=O)[O-]. The highest BCUT2D eigenvalue weighted by Gasteiger charge is 2.20. The molecule has 0 aliphatic heterocycles. The van der Waals surface area contributed by atoms with Gasteiger partial charge < -0.3 is 10.1 Å². The van der Waals surface area contributed by atoms with Gasteiger partial charge in [0.2, 0.25) is 5.91 Å². The van der Waals surface area contributed by atoms with Gasteiger partial charge in [0.05, 0.1) is 37.0 Å². The van der Waals surface area contributed by atoms with Crippen molar-refractivity contribution in [1.82, 2.24) is 19.6 Å². The van der Waals surface area contributed by atoms with E-state index in [4.69, 9.17) is 16.3 Å². The maximum Gasteiger partial charge on any atom is 0.350 e. The van der Waals surface area contributed by atoms with E-state index in [0.29, 0.717) is 17.3 Å². The average molecular weight is 405 g/mol. The number of hydrogen-bond acceptors (Lipinski definition) is 6. The van der Waals surface area contributed by atoms with Crippen LogP contribution in [0.25, 0.3) is 0 Å². The molecule has 0 radical (unpaired) electrons. The summed E-state index contributed by atoms with van der Waals surface area (Å²) in [7, 11) is 1.30. The van der Waals surface area contributed by atoms with Crippen LogP contribution in [0, 0.1) is 10.1 Å². The maximum atomic E-state index is 12.1. The van der Waals surface area contributed by atoms with Crippen LogP contribution in [0.2, 0.25) is 5.02 Å². The molecule has 0 saturated carbocycles. The van der Waals surface area contributed by atoms with Crippen LogP contribution in [0.5, 0.6) is 5.88 Å². The maximum absolute atomic E-state index is 12.1. The van der Waals surface area contributed by atoms with Gasteiger partial charge in [0.1, 0.15) is 6.20 Å². The Kier molecular flexibility index (Phi) is 5.90. The molecule has 1 amide bonds. The summed E-state index contributed by atoms with van der Waals surface area (Å²) in [5, 5.41) is 22.4. The van der Waals surface area contributed by atoms with Crippen molar-refractivity contribution < 1.29 is 14.5 Å². The molecule has 1 aromatic carbocycles. The lowest BCUT2D eigenvalue weighted by Crippen LogP contribution is -2.14. The summed E-state index contributed by atoms with van der Waals surface area (Å²) in [5.41, 5.74) is 1.30. The van der Waals surface area contributed by atoms with Crippen molar-refractivity contribution in [2.45, 2.75) is 19.5 Å². The number of aromatic nitrogens is 4. The number of nitrogens with zero attached hydrogens (tertiary/aromatic N) is 5. The summed E-state index contributed by atoms with van der Waals surface area (Å²) >= 11 is 5.97. The van der Waals surface area contributed by atoms with Crippen molar-refractivity contribution >= 4 is 28.9 Å². The molecule has 3 aromatic rings. The minimum Gasteiger partial charge on any atom is -0.475 e. The third kappa shape index (κ3) is 4.86. The van der Waals surface area contributed by atoms with Crippen molar-refractivity contribution in [3.8, 4) is 5.88 Å². The van der Waals surface area contributed by atoms with E-state index in [1.54, 1.807) is 23.1 Å². The highest BCUT2D eigenvalue weighted by molar-refractivity contribution is 6.30. The third-order valence-electron chi connectivity index (χ3n) is 3.82. The van der Waals surface area contributed by atoms with E-state index in [9.17, 15) is 14.9 Å². The molecule has 0 unspecified atom stereocenters. The lowest BCUT2D eigenvalue weighted by molar-refractivity contribution is -0.385. The largest absolute Gasteiger partial charge is 0.475 e. The number of aryl methyl sites for hydroxylation is 1. The highest BCUT2D eigenvalue weighted by atomic mass is 35.5. The minimum absolute atomic E-state index is 0.0848. The molecule has 0 aliphatic carbocycles. The first-order valence-corrected chi connectivity index (χ1v) is 8.65. The molecule has 0 atom stereocenters. The number of rotatable bonds is 8. The van der Waals surface area contributed by atoms with E-state index >= 15 is 0 Å². The Balaban J connectivity index is 1.54. The molecule has 0 spiro atoms. The number of carbonyl (C=O) groups is 1. The average Bonchev–Trinajstić information content (AvgIpc) is 3.26. The van der Waals surface area contributed by atoms with E-state index < -0.39 is 4.92 Å². The molecule has 0 bridgehead atoms. The predicted molar refractivity (Wildman–Crippen MR) is 101 cm³/mol. The summed E-state index contributed by atoms with van der Waals surface area (Å²) in [6.45, 7) is 0.694. The topological polar surface area (TPSA) is 117 Å². The monoisotopic (exact) mass is 404 g/mol. The van der Waals surface area contributed by atoms with Crippen LogP contribution < -0.4 is 10.1 Å². The number of methoxy groups -OCH3 is 1. The summed E-state index contributed by atoms with van der Waals surface area (Å²) in [6, 6.07) is 7.43. The normalized spacial score (nSPS) is 10.6. The fourth-order valence-corrected chi connectivity index (χ4v) is 2.77. The van der Waals surface area contributed by atoms with Gasteiger partial charge in [-0.05, 0) is 17.7 Å². The molecule has 1 N–H and O–H groups in total. The number of nitrogens with one attached hydrogen (secondary N) is 1. The van der Waals surface area contributed by atoms with E-state index in [0.717, 1.165) is 5.56 Å². The van der Waals surface area contributed by atoms with Gasteiger partial charge in [0.15, 0.2) is 0 Å². The van der Waals surface area contributed by atoms with Crippen LogP contribution in [0.1, 0.15) is 12.0 Å². The molecule has 146 valence electrons. The predicted octanol–water partition coefficient (Wildman–Crippen LogP) is 2.73. The number of halogens is 1. The second kappa shape index (κ2) is 8.53. The van der Waals surface area contributed by atoms with E-state index in [-0.39, 0.29) is 30.4 Å². The van der Waals surface area contributed by atoms with Crippen molar-refractivity contribution in [3.05, 3.63) is 63.6 Å². The molecule has 2 heterocycles. The first-order valence-electron chi connectivity index (χ1n) is 8.27. The fraction of sp³-hybridized carbons (Fsp3) is 0.235. The second-order valence-corrected chi connectivity index (χ2v) is 6.33. The number of hydrogen-bond donors (Lipinski definition) is 1. The number of ether oxygens (including phenoxy) is 1. The number of amides is 1. The highest BCUT2D eigenvalue weighted by Crippen LogP contribution is 2.24. The zero-order chi connectivity index (χ0) is 20.1. The number of anilines is 1. The summed E-state index contributed by atoms with van der Waals surface area (Å²) in [5.74, 6) is -0.355. The van der Waals surface area contributed by atoms with Gasteiger partial charge in [0.25, 0.3) is 0 Å². The second-order valence-electron chi connectivity index (χ2n) is 5.90. The molecular formula is C17H17ClN6O4. The van der Waals surface area contributed by atoms with Gasteiger partial charge >= 0.3 is 11.6 Å². The van der Waals surface area contributed by atoms with Crippen LogP contribution in [0.4, 0.5) is 11.4 Å². The molecule has 0 fully saturated rings. The Morgan fingerprint density at radius 3 is 2.86 bits per heavy atom. The number of carbonyl (C=O) groups excluding carboxylic acids is 1. The molecule has 0 saturated heterocycles. The molecule has 11 heteroatoms. The number of nitro groups is 1. The van der Waals surface area contributed by atoms with Crippen molar-refractivity contribution in [3.63, 3.8) is 0 Å². The van der Waals surface area contributed by atoms with Gasteiger partial charge in [-0.3, -0.25) is 24.3 Å². The molecule has 0 aliphatic rings. The first-order chi connectivity index (χ1) is 13.4. The van der Waals surface area contributed by atoms with Crippen molar-refractivity contribution in [1.29, 1.82) is 0 Å². The van der Waals surface area contributed by atoms with Gasteiger partial charge in [0, 0.05) is 17.6 Å². The smallest absolute Gasteiger partial charge is 0.350 e. The van der Waals surface area contributed by atoms with E-state index in [1.807, 2.05) is 18.2 Å². The molecule has 3 rings (SSSR count). The van der Waals surface area contributed by atoms with E-state index in [1.165, 1.54) is 18.0 Å². The van der Waals surface area contributed by atoms with Crippen molar-refractivity contribution in [2.24, 2.45) is 0 Å². The fourth-order valence-electron chi connectivity index (χ4n) is 2.55. The third-order valence-corrected chi connectivity index (χ3v) is 4.05. The molecular weight excluding hydrogens is 388 g/mol.